The van der Waals surface area contributed by atoms with Gasteiger partial charge in [-0.25, -0.2) is 0 Å². The summed E-state index contributed by atoms with van der Waals surface area (Å²) in [6.07, 6.45) is 6.67. The molecule has 2 aromatic rings. The third-order valence-corrected chi connectivity index (χ3v) is 6.49. The molecule has 1 heterocycles. The van der Waals surface area contributed by atoms with Gasteiger partial charge in [-0.3, -0.25) is 0 Å². The lowest BCUT2D eigenvalue weighted by atomic mass is 9.76. The molecule has 24 heavy (non-hydrogen) atoms. The Kier molecular flexibility index (Phi) is 3.71. The monoisotopic (exact) mass is 319 g/mol. The molecular formula is C23H29N. The summed E-state index contributed by atoms with van der Waals surface area (Å²) in [6.45, 7) is 9.19. The van der Waals surface area contributed by atoms with E-state index >= 15 is 0 Å². The molecule has 0 saturated heterocycles. The van der Waals surface area contributed by atoms with Crippen LogP contribution in [0.1, 0.15) is 72.9 Å². The Hall–Kier alpha value is -1.76. The number of hydrogen-bond donors (Lipinski definition) is 0. The minimum Gasteiger partial charge on any atom is -0.355 e. The van der Waals surface area contributed by atoms with Gasteiger partial charge in [0.1, 0.15) is 0 Å². The Labute approximate surface area is 146 Å². The number of nitrogens with zero attached hydrogens (tertiary/aromatic N) is 1. The second-order valence-corrected chi connectivity index (χ2v) is 7.95. The van der Waals surface area contributed by atoms with Gasteiger partial charge in [0.25, 0.3) is 0 Å². The maximum absolute atomic E-state index is 2.78. The highest BCUT2D eigenvalue weighted by molar-refractivity contribution is 5.66. The van der Waals surface area contributed by atoms with Gasteiger partial charge in [-0.05, 0) is 74.4 Å². The molecular weight excluding hydrogens is 290 g/mol. The van der Waals surface area contributed by atoms with Crippen molar-refractivity contribution in [1.29, 1.82) is 0 Å². The topological polar surface area (TPSA) is 3.24 Å². The van der Waals surface area contributed by atoms with Crippen molar-refractivity contribution in [2.75, 3.05) is 4.90 Å². The normalized spacial score (nSPS) is 22.0. The summed E-state index contributed by atoms with van der Waals surface area (Å²) in [5.74, 6) is 0. The van der Waals surface area contributed by atoms with Crippen molar-refractivity contribution in [1.82, 2.24) is 0 Å². The van der Waals surface area contributed by atoms with Crippen molar-refractivity contribution < 1.29 is 0 Å². The Morgan fingerprint density at radius 1 is 0.958 bits per heavy atom. The van der Waals surface area contributed by atoms with Gasteiger partial charge in [-0.2, -0.15) is 0 Å². The van der Waals surface area contributed by atoms with Gasteiger partial charge < -0.3 is 4.90 Å². The average molecular weight is 319 g/mol. The first-order chi connectivity index (χ1) is 11.5. The smallest absolute Gasteiger partial charge is 0.0663 e. The standard InChI is InChI=1S/C23H29N/c1-16-14-17(2)18(3)22(15-16)24-19(4)20-10-6-7-11-21(20)23(24)12-8-5-9-13-23/h6-7,10-11,14-15,19H,5,8-9,12-13H2,1-4H3/t19-/m0/s1. The predicted molar refractivity (Wildman–Crippen MR) is 103 cm³/mol. The van der Waals surface area contributed by atoms with Gasteiger partial charge in [-0.15, -0.1) is 0 Å². The molecule has 0 N–H and O–H groups in total. The van der Waals surface area contributed by atoms with E-state index in [4.69, 9.17) is 0 Å². The molecule has 1 saturated carbocycles. The van der Waals surface area contributed by atoms with Gasteiger partial charge in [0.2, 0.25) is 0 Å². The van der Waals surface area contributed by atoms with E-state index in [-0.39, 0.29) is 5.54 Å². The molecule has 0 radical (unpaired) electrons. The van der Waals surface area contributed by atoms with E-state index in [0.29, 0.717) is 6.04 Å². The molecule has 4 rings (SSSR count). The van der Waals surface area contributed by atoms with E-state index in [1.807, 2.05) is 0 Å². The summed E-state index contributed by atoms with van der Waals surface area (Å²) >= 11 is 0. The third kappa shape index (κ3) is 2.13. The molecule has 1 fully saturated rings. The van der Waals surface area contributed by atoms with Crippen LogP contribution in [0.2, 0.25) is 0 Å². The van der Waals surface area contributed by atoms with E-state index in [0.717, 1.165) is 0 Å². The molecule has 1 nitrogen and oxygen atoms in total. The summed E-state index contributed by atoms with van der Waals surface area (Å²) in [5, 5.41) is 0. The van der Waals surface area contributed by atoms with Crippen LogP contribution in [0.25, 0.3) is 0 Å². The fraction of sp³-hybridized carbons (Fsp3) is 0.478. The highest BCUT2D eigenvalue weighted by Crippen LogP contribution is 2.55. The van der Waals surface area contributed by atoms with Gasteiger partial charge in [-0.1, -0.05) is 49.6 Å². The molecule has 0 aromatic heterocycles. The largest absolute Gasteiger partial charge is 0.355 e. The molecule has 2 aliphatic rings. The molecule has 0 amide bonds. The molecule has 0 unspecified atom stereocenters. The SMILES string of the molecule is Cc1cc(C)c(C)c(N2[C@@H](C)c3ccccc3C23CCCCC3)c1. The number of aryl methyl sites for hydroxylation is 2. The maximum Gasteiger partial charge on any atom is 0.0663 e. The number of anilines is 1. The van der Waals surface area contributed by atoms with Crippen molar-refractivity contribution >= 4 is 5.69 Å². The Balaban J connectivity index is 1.94. The lowest BCUT2D eigenvalue weighted by molar-refractivity contribution is 0.284. The van der Waals surface area contributed by atoms with Crippen LogP contribution in [0.4, 0.5) is 5.69 Å². The number of benzene rings is 2. The van der Waals surface area contributed by atoms with Crippen LogP contribution >= 0.6 is 0 Å². The molecule has 1 aliphatic heterocycles. The zero-order valence-corrected chi connectivity index (χ0v) is 15.5. The van der Waals surface area contributed by atoms with Crippen molar-refractivity contribution in [3.63, 3.8) is 0 Å². The Morgan fingerprint density at radius 2 is 1.67 bits per heavy atom. The van der Waals surface area contributed by atoms with Crippen molar-refractivity contribution in [3.05, 3.63) is 64.2 Å². The van der Waals surface area contributed by atoms with Crippen LogP contribution in [0.5, 0.6) is 0 Å². The number of rotatable bonds is 1. The van der Waals surface area contributed by atoms with E-state index in [9.17, 15) is 0 Å². The third-order valence-electron chi connectivity index (χ3n) is 6.49. The van der Waals surface area contributed by atoms with Gasteiger partial charge in [0.15, 0.2) is 0 Å². The molecule has 0 bridgehead atoms. The minimum atomic E-state index is 0.208. The minimum absolute atomic E-state index is 0.208. The first-order valence-electron chi connectivity index (χ1n) is 9.51. The van der Waals surface area contributed by atoms with Crippen molar-refractivity contribution in [3.8, 4) is 0 Å². The van der Waals surface area contributed by atoms with E-state index in [2.05, 4.69) is 69.0 Å². The molecule has 2 aromatic carbocycles. The average Bonchev–Trinajstić information content (AvgIpc) is 2.81. The fourth-order valence-corrected chi connectivity index (χ4v) is 5.28. The van der Waals surface area contributed by atoms with Crippen molar-refractivity contribution in [2.24, 2.45) is 0 Å². The van der Waals surface area contributed by atoms with Crippen LogP contribution in [0.15, 0.2) is 36.4 Å². The highest BCUT2D eigenvalue weighted by atomic mass is 15.3. The Morgan fingerprint density at radius 3 is 2.42 bits per heavy atom. The first-order valence-corrected chi connectivity index (χ1v) is 9.51. The lowest BCUT2D eigenvalue weighted by Crippen LogP contribution is -2.44. The van der Waals surface area contributed by atoms with Gasteiger partial charge in [0.05, 0.1) is 11.6 Å². The molecule has 126 valence electrons. The summed E-state index contributed by atoms with van der Waals surface area (Å²) in [4.78, 5) is 2.78. The highest BCUT2D eigenvalue weighted by Gasteiger charge is 2.49. The first kappa shape index (κ1) is 15.7. The zero-order chi connectivity index (χ0) is 16.9. The zero-order valence-electron chi connectivity index (χ0n) is 15.5. The second-order valence-electron chi connectivity index (χ2n) is 7.95. The quantitative estimate of drug-likeness (QED) is 0.591. The molecule has 1 atom stereocenters. The fourth-order valence-electron chi connectivity index (χ4n) is 5.28. The molecule has 1 aliphatic carbocycles. The summed E-state index contributed by atoms with van der Waals surface area (Å²) in [5.41, 5.74) is 9.04. The molecule has 1 spiro atoms. The van der Waals surface area contributed by atoms with Crippen LogP contribution < -0.4 is 4.90 Å². The summed E-state index contributed by atoms with van der Waals surface area (Å²) in [7, 11) is 0. The van der Waals surface area contributed by atoms with Crippen LogP contribution in [0, 0.1) is 20.8 Å². The van der Waals surface area contributed by atoms with Crippen LogP contribution in [0.3, 0.4) is 0 Å². The van der Waals surface area contributed by atoms with Gasteiger partial charge >= 0.3 is 0 Å². The molecule has 1 heteroatoms. The van der Waals surface area contributed by atoms with Crippen molar-refractivity contribution in [2.45, 2.75) is 71.4 Å². The maximum atomic E-state index is 2.78. The lowest BCUT2D eigenvalue weighted by Gasteiger charge is -2.46. The van der Waals surface area contributed by atoms with Gasteiger partial charge in [0, 0.05) is 5.69 Å². The van der Waals surface area contributed by atoms with E-state index in [1.165, 1.54) is 60.0 Å². The Bertz CT molecular complexity index is 768. The van der Waals surface area contributed by atoms with E-state index in [1.54, 1.807) is 5.56 Å². The number of hydrogen-bond acceptors (Lipinski definition) is 1. The number of fused-ring (bicyclic) bond motifs is 2. The second kappa shape index (κ2) is 5.65. The summed E-state index contributed by atoms with van der Waals surface area (Å²) in [6, 6.07) is 14.4. The van der Waals surface area contributed by atoms with Crippen LogP contribution in [-0.4, -0.2) is 0 Å². The van der Waals surface area contributed by atoms with E-state index < -0.39 is 0 Å². The predicted octanol–water partition coefficient (Wildman–Crippen LogP) is 6.35. The summed E-state index contributed by atoms with van der Waals surface area (Å²) < 4.78 is 0. The van der Waals surface area contributed by atoms with Crippen LogP contribution in [-0.2, 0) is 5.54 Å².